The molecule has 0 aliphatic carbocycles. The van der Waals surface area contributed by atoms with E-state index in [2.05, 4.69) is 87.4 Å². The van der Waals surface area contributed by atoms with Crippen LogP contribution in [0.4, 0.5) is 5.69 Å². The highest BCUT2D eigenvalue weighted by Gasteiger charge is 2.12. The highest BCUT2D eigenvalue weighted by atomic mass is 79.9. The number of hydrogen-bond donors (Lipinski definition) is 1. The maximum Gasteiger partial charge on any atom is 0.142 e. The number of anilines is 1. The van der Waals surface area contributed by atoms with Crippen molar-refractivity contribution in [2.45, 2.75) is 26.8 Å². The van der Waals surface area contributed by atoms with Crippen molar-refractivity contribution in [3.05, 3.63) is 56.5 Å². The Morgan fingerprint density at radius 1 is 1.14 bits per heavy atom. The SMILES string of the molecule is CCOc1cc(C)ccc1NC(C)c1ccc(Br)cc1Br. The minimum atomic E-state index is 0.175. The average molecular weight is 413 g/mol. The second kappa shape index (κ2) is 7.32. The van der Waals surface area contributed by atoms with Crippen LogP contribution >= 0.6 is 31.9 Å². The van der Waals surface area contributed by atoms with Gasteiger partial charge in [-0.3, -0.25) is 0 Å². The topological polar surface area (TPSA) is 21.3 Å². The molecule has 112 valence electrons. The van der Waals surface area contributed by atoms with Gasteiger partial charge in [0.15, 0.2) is 0 Å². The van der Waals surface area contributed by atoms with E-state index in [1.165, 1.54) is 11.1 Å². The van der Waals surface area contributed by atoms with Gasteiger partial charge < -0.3 is 10.1 Å². The van der Waals surface area contributed by atoms with Gasteiger partial charge in [-0.15, -0.1) is 0 Å². The van der Waals surface area contributed by atoms with Gasteiger partial charge in [-0.25, -0.2) is 0 Å². The van der Waals surface area contributed by atoms with Gasteiger partial charge in [0.25, 0.3) is 0 Å². The molecule has 0 spiro atoms. The van der Waals surface area contributed by atoms with E-state index < -0.39 is 0 Å². The van der Waals surface area contributed by atoms with Crippen LogP contribution in [-0.2, 0) is 0 Å². The van der Waals surface area contributed by atoms with Crippen LogP contribution in [0.2, 0.25) is 0 Å². The smallest absolute Gasteiger partial charge is 0.142 e. The quantitative estimate of drug-likeness (QED) is 0.641. The zero-order valence-electron chi connectivity index (χ0n) is 12.4. The van der Waals surface area contributed by atoms with Crippen LogP contribution < -0.4 is 10.1 Å². The number of aryl methyl sites for hydroxylation is 1. The lowest BCUT2D eigenvalue weighted by molar-refractivity contribution is 0.341. The van der Waals surface area contributed by atoms with E-state index in [-0.39, 0.29) is 6.04 Å². The molecular weight excluding hydrogens is 394 g/mol. The third-order valence-corrected chi connectivity index (χ3v) is 4.42. The predicted octanol–water partition coefficient (Wildman–Crippen LogP) is 6.09. The summed E-state index contributed by atoms with van der Waals surface area (Å²) in [6.45, 7) is 6.87. The van der Waals surface area contributed by atoms with Crippen LogP contribution in [0, 0.1) is 6.92 Å². The fourth-order valence-electron chi connectivity index (χ4n) is 2.19. The molecule has 0 saturated heterocycles. The van der Waals surface area contributed by atoms with Crippen molar-refractivity contribution in [2.75, 3.05) is 11.9 Å². The Labute approximate surface area is 143 Å². The van der Waals surface area contributed by atoms with E-state index in [1.54, 1.807) is 0 Å². The molecule has 1 unspecified atom stereocenters. The number of benzene rings is 2. The monoisotopic (exact) mass is 411 g/mol. The summed E-state index contributed by atoms with van der Waals surface area (Å²) in [7, 11) is 0. The van der Waals surface area contributed by atoms with Crippen LogP contribution in [0.3, 0.4) is 0 Å². The molecule has 2 nitrogen and oxygen atoms in total. The second-order valence-electron chi connectivity index (χ2n) is 4.96. The highest BCUT2D eigenvalue weighted by molar-refractivity contribution is 9.11. The molecule has 1 atom stereocenters. The summed E-state index contributed by atoms with van der Waals surface area (Å²) >= 11 is 7.10. The number of rotatable bonds is 5. The lowest BCUT2D eigenvalue weighted by Crippen LogP contribution is -2.09. The summed E-state index contributed by atoms with van der Waals surface area (Å²) in [4.78, 5) is 0. The van der Waals surface area contributed by atoms with Crippen LogP contribution in [-0.4, -0.2) is 6.61 Å². The number of ether oxygens (including phenoxy) is 1. The Morgan fingerprint density at radius 2 is 1.90 bits per heavy atom. The molecule has 2 rings (SSSR count). The Balaban J connectivity index is 2.24. The van der Waals surface area contributed by atoms with Gasteiger partial charge in [0.1, 0.15) is 5.75 Å². The molecule has 21 heavy (non-hydrogen) atoms. The molecule has 0 aromatic heterocycles. The van der Waals surface area contributed by atoms with E-state index in [4.69, 9.17) is 4.74 Å². The standard InChI is InChI=1S/C17H19Br2NO/c1-4-21-17-9-11(2)5-8-16(17)20-12(3)14-7-6-13(18)10-15(14)19/h5-10,12,20H,4H2,1-3H3. The minimum absolute atomic E-state index is 0.175. The maximum absolute atomic E-state index is 5.72. The summed E-state index contributed by atoms with van der Waals surface area (Å²) in [5.41, 5.74) is 3.42. The molecule has 0 saturated carbocycles. The molecule has 1 N–H and O–H groups in total. The maximum atomic E-state index is 5.72. The van der Waals surface area contributed by atoms with Gasteiger partial charge in [0.05, 0.1) is 12.3 Å². The first-order chi connectivity index (χ1) is 10.0. The van der Waals surface area contributed by atoms with E-state index >= 15 is 0 Å². The third-order valence-electron chi connectivity index (χ3n) is 3.24. The number of hydrogen-bond acceptors (Lipinski definition) is 2. The van der Waals surface area contributed by atoms with Gasteiger partial charge in [-0.2, -0.15) is 0 Å². The minimum Gasteiger partial charge on any atom is -0.492 e. The molecule has 0 heterocycles. The van der Waals surface area contributed by atoms with E-state index in [9.17, 15) is 0 Å². The summed E-state index contributed by atoms with van der Waals surface area (Å²) in [5.74, 6) is 0.901. The molecule has 0 radical (unpaired) electrons. The van der Waals surface area contributed by atoms with Crippen LogP contribution in [0.25, 0.3) is 0 Å². The molecule has 0 aliphatic heterocycles. The molecule has 0 amide bonds. The zero-order chi connectivity index (χ0) is 15.4. The predicted molar refractivity (Wildman–Crippen MR) is 96.2 cm³/mol. The van der Waals surface area contributed by atoms with Crippen molar-refractivity contribution in [1.29, 1.82) is 0 Å². The molecule has 0 fully saturated rings. The first kappa shape index (κ1) is 16.4. The Morgan fingerprint density at radius 3 is 2.57 bits per heavy atom. The highest BCUT2D eigenvalue weighted by Crippen LogP contribution is 2.32. The molecule has 0 aliphatic rings. The van der Waals surface area contributed by atoms with Crippen LogP contribution in [0.5, 0.6) is 5.75 Å². The molecule has 2 aromatic carbocycles. The van der Waals surface area contributed by atoms with Crippen LogP contribution in [0.1, 0.15) is 31.0 Å². The fourth-order valence-corrected chi connectivity index (χ4v) is 3.58. The van der Waals surface area contributed by atoms with Gasteiger partial charge in [0.2, 0.25) is 0 Å². The van der Waals surface area contributed by atoms with Gasteiger partial charge in [0, 0.05) is 15.0 Å². The Bertz CT molecular complexity index is 628. The summed E-state index contributed by atoms with van der Waals surface area (Å²) in [6, 6.07) is 12.6. The van der Waals surface area contributed by atoms with Gasteiger partial charge in [-0.05, 0) is 56.2 Å². The molecular formula is C17H19Br2NO. The average Bonchev–Trinajstić information content (AvgIpc) is 2.42. The van der Waals surface area contributed by atoms with Crippen molar-refractivity contribution in [1.82, 2.24) is 0 Å². The normalized spacial score (nSPS) is 12.0. The zero-order valence-corrected chi connectivity index (χ0v) is 15.6. The number of nitrogens with one attached hydrogen (secondary N) is 1. The van der Waals surface area contributed by atoms with Crippen molar-refractivity contribution < 1.29 is 4.74 Å². The van der Waals surface area contributed by atoms with E-state index in [0.717, 1.165) is 20.4 Å². The van der Waals surface area contributed by atoms with Crippen molar-refractivity contribution >= 4 is 37.5 Å². The van der Waals surface area contributed by atoms with Gasteiger partial charge in [-0.1, -0.05) is 44.0 Å². The molecule has 4 heteroatoms. The van der Waals surface area contributed by atoms with E-state index in [0.29, 0.717) is 6.61 Å². The van der Waals surface area contributed by atoms with E-state index in [1.807, 2.05) is 6.92 Å². The Kier molecular flexibility index (Phi) is 5.71. The third kappa shape index (κ3) is 4.24. The second-order valence-corrected chi connectivity index (χ2v) is 6.73. The summed E-state index contributed by atoms with van der Waals surface area (Å²) in [6.07, 6.45) is 0. The Hall–Kier alpha value is -1.000. The van der Waals surface area contributed by atoms with Crippen molar-refractivity contribution in [2.24, 2.45) is 0 Å². The summed E-state index contributed by atoms with van der Waals surface area (Å²) < 4.78 is 7.87. The van der Waals surface area contributed by atoms with Crippen molar-refractivity contribution in [3.8, 4) is 5.75 Å². The summed E-state index contributed by atoms with van der Waals surface area (Å²) in [5, 5.41) is 3.53. The first-order valence-electron chi connectivity index (χ1n) is 6.96. The van der Waals surface area contributed by atoms with Crippen molar-refractivity contribution in [3.63, 3.8) is 0 Å². The first-order valence-corrected chi connectivity index (χ1v) is 8.54. The lowest BCUT2D eigenvalue weighted by atomic mass is 10.1. The van der Waals surface area contributed by atoms with Crippen LogP contribution in [0.15, 0.2) is 45.3 Å². The fraction of sp³-hybridized carbons (Fsp3) is 0.294. The molecule has 0 bridgehead atoms. The molecule has 2 aromatic rings. The lowest BCUT2D eigenvalue weighted by Gasteiger charge is -2.20. The number of halogens is 2. The van der Waals surface area contributed by atoms with Gasteiger partial charge >= 0.3 is 0 Å². The largest absolute Gasteiger partial charge is 0.492 e.